The van der Waals surface area contributed by atoms with E-state index >= 15 is 0 Å². The molecular weight excluding hydrogens is 180 g/mol. The molecule has 0 aromatic carbocycles. The number of carbonyl (C=O) groups is 2. The van der Waals surface area contributed by atoms with Crippen LogP contribution < -0.4 is 0 Å². The first-order valence-electron chi connectivity index (χ1n) is 4.68. The first kappa shape index (κ1) is 10.8. The molecule has 1 aliphatic carbocycles. The molecule has 3 nitrogen and oxygen atoms in total. The average Bonchev–Trinajstić information content (AvgIpc) is 2.21. The normalized spacial score (nSPS) is 19.9. The van der Waals surface area contributed by atoms with Gasteiger partial charge in [0.05, 0.1) is 12.5 Å². The van der Waals surface area contributed by atoms with Gasteiger partial charge in [0.25, 0.3) is 0 Å². The highest BCUT2D eigenvalue weighted by Gasteiger charge is 2.41. The molecule has 0 unspecified atom stereocenters. The Hall–Kier alpha value is -1.30. The van der Waals surface area contributed by atoms with Crippen LogP contribution in [-0.4, -0.2) is 18.9 Å². The number of carbonyl (C=O) groups excluding carboxylic acids is 2. The fourth-order valence-electron chi connectivity index (χ4n) is 1.87. The van der Waals surface area contributed by atoms with Gasteiger partial charge in [0.1, 0.15) is 5.78 Å². The molecule has 0 saturated heterocycles. The van der Waals surface area contributed by atoms with Crippen LogP contribution in [0, 0.1) is 17.8 Å². The summed E-state index contributed by atoms with van der Waals surface area (Å²) in [5.74, 6) is 2.43. The maximum atomic E-state index is 11.6. The van der Waals surface area contributed by atoms with E-state index < -0.39 is 5.41 Å². The summed E-state index contributed by atoms with van der Waals surface area (Å²) < 4.78 is 4.74. The van der Waals surface area contributed by atoms with Gasteiger partial charge in [0.15, 0.2) is 0 Å². The van der Waals surface area contributed by atoms with Gasteiger partial charge in [-0.15, -0.1) is 12.3 Å². The van der Waals surface area contributed by atoms with Crippen molar-refractivity contribution in [1.29, 1.82) is 0 Å². The first-order valence-corrected chi connectivity index (χ1v) is 4.68. The lowest BCUT2D eigenvalue weighted by molar-refractivity contribution is -0.155. The van der Waals surface area contributed by atoms with Gasteiger partial charge >= 0.3 is 5.97 Å². The van der Waals surface area contributed by atoms with Crippen molar-refractivity contribution in [3.63, 3.8) is 0 Å². The lowest BCUT2D eigenvalue weighted by Gasteiger charge is -2.32. The van der Waals surface area contributed by atoms with E-state index in [2.05, 4.69) is 5.92 Å². The zero-order valence-corrected chi connectivity index (χ0v) is 8.34. The molecular formula is C11H14O3. The summed E-state index contributed by atoms with van der Waals surface area (Å²) in [4.78, 5) is 22.6. The zero-order chi connectivity index (χ0) is 10.6. The minimum atomic E-state index is -0.600. The number of hydrogen-bond acceptors (Lipinski definition) is 3. The molecule has 1 aliphatic rings. The van der Waals surface area contributed by atoms with Crippen LogP contribution in [-0.2, 0) is 14.3 Å². The molecule has 0 amide bonds. The molecule has 0 N–H and O–H groups in total. The number of Topliss-reactive ketones (excluding diaryl/α,β-unsaturated/α-hetero) is 1. The minimum Gasteiger partial charge on any atom is -0.469 e. The Morgan fingerprint density at radius 1 is 1.57 bits per heavy atom. The molecule has 0 spiro atoms. The molecule has 0 bridgehead atoms. The molecule has 14 heavy (non-hydrogen) atoms. The number of hydrogen-bond donors (Lipinski definition) is 0. The van der Waals surface area contributed by atoms with Gasteiger partial charge in [0, 0.05) is 19.3 Å². The SMILES string of the molecule is C#CCC1(C(=O)OC)CCC(=O)CC1. The van der Waals surface area contributed by atoms with E-state index in [1.54, 1.807) is 0 Å². The van der Waals surface area contributed by atoms with Crippen molar-refractivity contribution in [1.82, 2.24) is 0 Å². The van der Waals surface area contributed by atoms with Crippen LogP contribution in [0.5, 0.6) is 0 Å². The van der Waals surface area contributed by atoms with Crippen molar-refractivity contribution in [2.24, 2.45) is 5.41 Å². The third-order valence-electron chi connectivity index (χ3n) is 2.82. The Kier molecular flexibility index (Phi) is 3.29. The third-order valence-corrected chi connectivity index (χ3v) is 2.82. The smallest absolute Gasteiger partial charge is 0.312 e. The van der Waals surface area contributed by atoms with Gasteiger partial charge in [-0.05, 0) is 12.8 Å². The number of ketones is 1. The molecule has 0 radical (unpaired) electrons. The number of ether oxygens (including phenoxy) is 1. The highest BCUT2D eigenvalue weighted by atomic mass is 16.5. The first-order chi connectivity index (χ1) is 6.64. The second-order valence-corrected chi connectivity index (χ2v) is 3.69. The minimum absolute atomic E-state index is 0.210. The standard InChI is InChI=1S/C11H14O3/c1-3-6-11(10(13)14-2)7-4-9(12)5-8-11/h1H,4-8H2,2H3. The molecule has 76 valence electrons. The van der Waals surface area contributed by atoms with Gasteiger partial charge in [-0.1, -0.05) is 0 Å². The molecule has 1 saturated carbocycles. The summed E-state index contributed by atoms with van der Waals surface area (Å²) in [5.41, 5.74) is -0.600. The van der Waals surface area contributed by atoms with E-state index in [1.807, 2.05) is 0 Å². The van der Waals surface area contributed by atoms with Crippen molar-refractivity contribution in [2.75, 3.05) is 7.11 Å². The summed E-state index contributed by atoms with van der Waals surface area (Å²) >= 11 is 0. The Morgan fingerprint density at radius 3 is 2.57 bits per heavy atom. The second kappa shape index (κ2) is 4.28. The number of methoxy groups -OCH3 is 1. The molecule has 0 aliphatic heterocycles. The van der Waals surface area contributed by atoms with Crippen LogP contribution >= 0.6 is 0 Å². The van der Waals surface area contributed by atoms with Crippen LogP contribution in [0.25, 0.3) is 0 Å². The number of rotatable bonds is 2. The second-order valence-electron chi connectivity index (χ2n) is 3.69. The average molecular weight is 194 g/mol. The predicted molar refractivity (Wildman–Crippen MR) is 51.4 cm³/mol. The highest BCUT2D eigenvalue weighted by Crippen LogP contribution is 2.38. The van der Waals surface area contributed by atoms with E-state index in [4.69, 9.17) is 11.2 Å². The lowest BCUT2D eigenvalue weighted by Crippen LogP contribution is -2.36. The molecule has 3 heteroatoms. The molecule has 0 heterocycles. The zero-order valence-electron chi connectivity index (χ0n) is 8.34. The van der Waals surface area contributed by atoms with E-state index in [0.717, 1.165) is 0 Å². The van der Waals surface area contributed by atoms with E-state index in [0.29, 0.717) is 32.1 Å². The summed E-state index contributed by atoms with van der Waals surface area (Å²) in [7, 11) is 1.36. The largest absolute Gasteiger partial charge is 0.469 e. The van der Waals surface area contributed by atoms with Crippen molar-refractivity contribution in [3.05, 3.63) is 0 Å². The Morgan fingerprint density at radius 2 is 2.14 bits per heavy atom. The highest BCUT2D eigenvalue weighted by molar-refractivity contribution is 5.84. The van der Waals surface area contributed by atoms with Gasteiger partial charge < -0.3 is 4.74 Å². The van der Waals surface area contributed by atoms with Gasteiger partial charge in [-0.2, -0.15) is 0 Å². The van der Waals surface area contributed by atoms with E-state index in [9.17, 15) is 9.59 Å². The number of terminal acetylenes is 1. The number of esters is 1. The van der Waals surface area contributed by atoms with Crippen LogP contribution in [0.3, 0.4) is 0 Å². The maximum absolute atomic E-state index is 11.6. The Bertz CT molecular complexity index is 275. The van der Waals surface area contributed by atoms with Gasteiger partial charge in [0.2, 0.25) is 0 Å². The maximum Gasteiger partial charge on any atom is 0.312 e. The van der Waals surface area contributed by atoms with Crippen molar-refractivity contribution in [3.8, 4) is 12.3 Å². The van der Waals surface area contributed by atoms with Crippen molar-refractivity contribution >= 4 is 11.8 Å². The van der Waals surface area contributed by atoms with Crippen LogP contribution in [0.2, 0.25) is 0 Å². The summed E-state index contributed by atoms with van der Waals surface area (Å²) in [6.45, 7) is 0. The molecule has 1 rings (SSSR count). The molecule has 0 aromatic rings. The van der Waals surface area contributed by atoms with E-state index in [1.165, 1.54) is 7.11 Å². The summed E-state index contributed by atoms with van der Waals surface area (Å²) in [6.07, 6.45) is 7.54. The molecule has 0 atom stereocenters. The van der Waals surface area contributed by atoms with E-state index in [-0.39, 0.29) is 11.8 Å². The molecule has 0 aromatic heterocycles. The van der Waals surface area contributed by atoms with Crippen molar-refractivity contribution < 1.29 is 14.3 Å². The van der Waals surface area contributed by atoms with Crippen molar-refractivity contribution in [2.45, 2.75) is 32.1 Å². The third kappa shape index (κ3) is 1.95. The fourth-order valence-corrected chi connectivity index (χ4v) is 1.87. The van der Waals surface area contributed by atoms with Gasteiger partial charge in [-0.3, -0.25) is 9.59 Å². The summed E-state index contributed by atoms with van der Waals surface area (Å²) in [6, 6.07) is 0. The lowest BCUT2D eigenvalue weighted by atomic mass is 9.71. The fraction of sp³-hybridized carbons (Fsp3) is 0.636. The van der Waals surface area contributed by atoms with Gasteiger partial charge in [-0.25, -0.2) is 0 Å². The Labute approximate surface area is 83.8 Å². The van der Waals surface area contributed by atoms with Crippen LogP contribution in [0.1, 0.15) is 32.1 Å². The monoisotopic (exact) mass is 194 g/mol. The Balaban J connectivity index is 2.78. The molecule has 1 fully saturated rings. The van der Waals surface area contributed by atoms with Crippen LogP contribution in [0.4, 0.5) is 0 Å². The van der Waals surface area contributed by atoms with Crippen LogP contribution in [0.15, 0.2) is 0 Å². The quantitative estimate of drug-likeness (QED) is 0.491. The predicted octanol–water partition coefficient (Wildman–Crippen LogP) is 1.31. The summed E-state index contributed by atoms with van der Waals surface area (Å²) in [5, 5.41) is 0. The topological polar surface area (TPSA) is 43.4 Å².